The molecule has 2 heteroatoms. The van der Waals surface area contributed by atoms with Gasteiger partial charge < -0.3 is 4.74 Å². The Labute approximate surface area is 88.6 Å². The first-order valence-electron chi connectivity index (χ1n) is 5.57. The summed E-state index contributed by atoms with van der Waals surface area (Å²) in [6.07, 6.45) is 1.15. The molecule has 0 aromatic rings. The zero-order valence-corrected chi connectivity index (χ0v) is 10.6. The molecule has 14 heavy (non-hydrogen) atoms. The SMILES string of the molecule is CC(C)(C)C1CCOCN1C(C)(C)C. The lowest BCUT2D eigenvalue weighted by molar-refractivity contribution is -0.118. The summed E-state index contributed by atoms with van der Waals surface area (Å²) < 4.78 is 5.56. The average molecular weight is 199 g/mol. The third kappa shape index (κ3) is 2.71. The number of nitrogens with zero attached hydrogens (tertiary/aromatic N) is 1. The van der Waals surface area contributed by atoms with Crippen LogP contribution in [-0.4, -0.2) is 29.8 Å². The maximum Gasteiger partial charge on any atom is 0.0997 e. The van der Waals surface area contributed by atoms with Crippen LogP contribution in [-0.2, 0) is 4.74 Å². The van der Waals surface area contributed by atoms with Crippen molar-refractivity contribution in [1.29, 1.82) is 0 Å². The van der Waals surface area contributed by atoms with Crippen LogP contribution in [0.1, 0.15) is 48.0 Å². The molecule has 0 radical (unpaired) electrons. The van der Waals surface area contributed by atoms with Gasteiger partial charge in [0.25, 0.3) is 0 Å². The maximum absolute atomic E-state index is 5.56. The molecule has 1 unspecified atom stereocenters. The number of hydrogen-bond acceptors (Lipinski definition) is 2. The lowest BCUT2D eigenvalue weighted by Crippen LogP contribution is -2.56. The van der Waals surface area contributed by atoms with Crippen molar-refractivity contribution in [3.63, 3.8) is 0 Å². The average Bonchev–Trinajstić information content (AvgIpc) is 2.01. The van der Waals surface area contributed by atoms with Gasteiger partial charge in [-0.1, -0.05) is 20.8 Å². The van der Waals surface area contributed by atoms with E-state index in [1.54, 1.807) is 0 Å². The Hall–Kier alpha value is -0.0800. The fourth-order valence-electron chi connectivity index (χ4n) is 2.17. The maximum atomic E-state index is 5.56. The van der Waals surface area contributed by atoms with Crippen LogP contribution < -0.4 is 0 Å². The van der Waals surface area contributed by atoms with Gasteiger partial charge in [-0.3, -0.25) is 4.90 Å². The van der Waals surface area contributed by atoms with Gasteiger partial charge in [0.15, 0.2) is 0 Å². The van der Waals surface area contributed by atoms with Crippen LogP contribution in [0.25, 0.3) is 0 Å². The van der Waals surface area contributed by atoms with Gasteiger partial charge in [-0.05, 0) is 32.6 Å². The molecule has 0 spiro atoms. The molecule has 0 amide bonds. The summed E-state index contributed by atoms with van der Waals surface area (Å²) in [5.41, 5.74) is 0.551. The van der Waals surface area contributed by atoms with Crippen LogP contribution in [0.3, 0.4) is 0 Å². The second-order valence-corrected chi connectivity index (χ2v) is 6.35. The fourth-order valence-corrected chi connectivity index (χ4v) is 2.17. The molecule has 1 aliphatic heterocycles. The molecule has 2 nitrogen and oxygen atoms in total. The first kappa shape index (κ1) is 12.0. The van der Waals surface area contributed by atoms with Crippen LogP contribution in [0, 0.1) is 5.41 Å². The summed E-state index contributed by atoms with van der Waals surface area (Å²) in [5, 5.41) is 0. The summed E-state index contributed by atoms with van der Waals surface area (Å²) in [4.78, 5) is 2.48. The Morgan fingerprint density at radius 1 is 1.07 bits per heavy atom. The minimum absolute atomic E-state index is 0.207. The van der Waals surface area contributed by atoms with E-state index < -0.39 is 0 Å². The smallest absolute Gasteiger partial charge is 0.0997 e. The zero-order chi connectivity index (χ0) is 11.0. The van der Waals surface area contributed by atoms with Crippen molar-refractivity contribution in [3.8, 4) is 0 Å². The lowest BCUT2D eigenvalue weighted by atomic mass is 9.81. The van der Waals surface area contributed by atoms with E-state index in [-0.39, 0.29) is 5.54 Å². The first-order chi connectivity index (χ1) is 6.23. The molecule has 0 aromatic heterocycles. The van der Waals surface area contributed by atoms with E-state index in [0.29, 0.717) is 11.5 Å². The summed E-state index contributed by atoms with van der Waals surface area (Å²) >= 11 is 0. The standard InChI is InChI=1S/C12H25NO/c1-11(2,3)10-7-8-14-9-13(10)12(4,5)6/h10H,7-9H2,1-6H3. The largest absolute Gasteiger partial charge is 0.366 e. The molecule has 1 saturated heterocycles. The van der Waals surface area contributed by atoms with E-state index in [1.807, 2.05) is 0 Å². The molecule has 0 aliphatic carbocycles. The molecular formula is C12H25NO. The Morgan fingerprint density at radius 3 is 2.00 bits per heavy atom. The summed E-state index contributed by atoms with van der Waals surface area (Å²) in [6, 6.07) is 0.635. The monoisotopic (exact) mass is 199 g/mol. The van der Waals surface area contributed by atoms with Crippen molar-refractivity contribution in [1.82, 2.24) is 4.90 Å². The van der Waals surface area contributed by atoms with Gasteiger partial charge in [0.05, 0.1) is 6.73 Å². The van der Waals surface area contributed by atoms with Crippen LogP contribution in [0.15, 0.2) is 0 Å². The highest BCUT2D eigenvalue weighted by Gasteiger charge is 2.38. The number of rotatable bonds is 0. The molecule has 1 heterocycles. The normalized spacial score (nSPS) is 26.6. The van der Waals surface area contributed by atoms with Crippen molar-refractivity contribution >= 4 is 0 Å². The molecule has 0 N–H and O–H groups in total. The summed E-state index contributed by atoms with van der Waals surface area (Å²) in [7, 11) is 0. The second kappa shape index (κ2) is 3.82. The molecule has 1 aliphatic rings. The Kier molecular flexibility index (Phi) is 3.27. The fraction of sp³-hybridized carbons (Fsp3) is 1.00. The van der Waals surface area contributed by atoms with Crippen LogP contribution in [0.5, 0.6) is 0 Å². The highest BCUT2D eigenvalue weighted by atomic mass is 16.5. The van der Waals surface area contributed by atoms with E-state index in [9.17, 15) is 0 Å². The van der Waals surface area contributed by atoms with Crippen molar-refractivity contribution in [2.75, 3.05) is 13.3 Å². The minimum Gasteiger partial charge on any atom is -0.366 e. The van der Waals surface area contributed by atoms with Gasteiger partial charge in [-0.15, -0.1) is 0 Å². The van der Waals surface area contributed by atoms with Crippen molar-refractivity contribution < 1.29 is 4.74 Å². The van der Waals surface area contributed by atoms with Gasteiger partial charge >= 0.3 is 0 Å². The molecular weight excluding hydrogens is 174 g/mol. The van der Waals surface area contributed by atoms with Gasteiger partial charge in [0, 0.05) is 18.2 Å². The van der Waals surface area contributed by atoms with Gasteiger partial charge in [0.1, 0.15) is 0 Å². The molecule has 1 atom stereocenters. The highest BCUT2D eigenvalue weighted by molar-refractivity contribution is 4.90. The van der Waals surface area contributed by atoms with Crippen LogP contribution in [0.4, 0.5) is 0 Å². The predicted octanol–water partition coefficient (Wildman–Crippen LogP) is 2.88. The van der Waals surface area contributed by atoms with Gasteiger partial charge in [0.2, 0.25) is 0 Å². The van der Waals surface area contributed by atoms with E-state index in [0.717, 1.165) is 19.8 Å². The highest BCUT2D eigenvalue weighted by Crippen LogP contribution is 2.33. The van der Waals surface area contributed by atoms with Gasteiger partial charge in [-0.25, -0.2) is 0 Å². The van der Waals surface area contributed by atoms with Crippen molar-refractivity contribution in [2.45, 2.75) is 59.5 Å². The predicted molar refractivity (Wildman–Crippen MR) is 60.3 cm³/mol. The minimum atomic E-state index is 0.207. The topological polar surface area (TPSA) is 12.5 Å². The third-order valence-corrected chi connectivity index (χ3v) is 3.00. The molecule has 0 aromatic carbocycles. The molecule has 84 valence electrons. The Bertz CT molecular complexity index is 165. The Morgan fingerprint density at radius 2 is 1.64 bits per heavy atom. The number of hydrogen-bond donors (Lipinski definition) is 0. The molecule has 0 saturated carbocycles. The van der Waals surface area contributed by atoms with E-state index in [2.05, 4.69) is 46.4 Å². The van der Waals surface area contributed by atoms with Crippen LogP contribution >= 0.6 is 0 Å². The van der Waals surface area contributed by atoms with E-state index in [4.69, 9.17) is 4.74 Å². The third-order valence-electron chi connectivity index (χ3n) is 3.00. The van der Waals surface area contributed by atoms with E-state index in [1.165, 1.54) is 0 Å². The molecule has 1 rings (SSSR count). The first-order valence-corrected chi connectivity index (χ1v) is 5.57. The quantitative estimate of drug-likeness (QED) is 0.595. The Balaban J connectivity index is 2.80. The zero-order valence-electron chi connectivity index (χ0n) is 10.6. The number of ether oxygens (including phenoxy) is 1. The van der Waals surface area contributed by atoms with E-state index >= 15 is 0 Å². The lowest BCUT2D eigenvalue weighted by Gasteiger charge is -2.49. The van der Waals surface area contributed by atoms with Crippen molar-refractivity contribution in [3.05, 3.63) is 0 Å². The van der Waals surface area contributed by atoms with Gasteiger partial charge in [-0.2, -0.15) is 0 Å². The van der Waals surface area contributed by atoms with Crippen LogP contribution in [0.2, 0.25) is 0 Å². The second-order valence-electron chi connectivity index (χ2n) is 6.35. The molecule has 0 bridgehead atoms. The molecule has 1 fully saturated rings. The van der Waals surface area contributed by atoms with Crippen molar-refractivity contribution in [2.24, 2.45) is 5.41 Å². The summed E-state index contributed by atoms with van der Waals surface area (Å²) in [5.74, 6) is 0. The summed E-state index contributed by atoms with van der Waals surface area (Å²) in [6.45, 7) is 15.5.